The minimum atomic E-state index is -0.119. The van der Waals surface area contributed by atoms with Crippen molar-refractivity contribution in [3.05, 3.63) is 54.1 Å². The van der Waals surface area contributed by atoms with Crippen molar-refractivity contribution in [2.75, 3.05) is 19.7 Å². The number of aromatic nitrogens is 2. The van der Waals surface area contributed by atoms with Crippen molar-refractivity contribution in [2.24, 2.45) is 0 Å². The molecule has 3 aromatic rings. The summed E-state index contributed by atoms with van der Waals surface area (Å²) in [5.74, 6) is 0.917. The SMILES string of the molecule is c1ccc2[nH]c(-c3ccc(C45CN4CCO5)cc3)nc2c1. The maximum Gasteiger partial charge on any atom is 0.160 e. The highest BCUT2D eigenvalue weighted by atomic mass is 16.5. The van der Waals surface area contributed by atoms with Gasteiger partial charge >= 0.3 is 0 Å². The van der Waals surface area contributed by atoms with Gasteiger partial charge in [-0.3, -0.25) is 4.90 Å². The van der Waals surface area contributed by atoms with Crippen LogP contribution in [0.2, 0.25) is 0 Å². The molecular formula is C17H15N3O. The summed E-state index contributed by atoms with van der Waals surface area (Å²) in [4.78, 5) is 10.4. The number of nitrogens with one attached hydrogen (secondary N) is 1. The number of nitrogens with zero attached hydrogens (tertiary/aromatic N) is 2. The number of rotatable bonds is 2. The Morgan fingerprint density at radius 2 is 1.95 bits per heavy atom. The van der Waals surface area contributed by atoms with E-state index in [0.29, 0.717) is 0 Å². The number of aromatic amines is 1. The van der Waals surface area contributed by atoms with Gasteiger partial charge in [0.25, 0.3) is 0 Å². The lowest BCUT2D eigenvalue weighted by Gasteiger charge is -2.11. The molecule has 2 aromatic carbocycles. The minimum Gasteiger partial charge on any atom is -0.353 e. The lowest BCUT2D eigenvalue weighted by atomic mass is 10.1. The molecule has 0 bridgehead atoms. The van der Waals surface area contributed by atoms with E-state index in [4.69, 9.17) is 4.74 Å². The zero-order chi connectivity index (χ0) is 13.9. The fourth-order valence-electron chi connectivity index (χ4n) is 3.28. The third-order valence-electron chi connectivity index (χ3n) is 4.51. The molecule has 4 heteroatoms. The van der Waals surface area contributed by atoms with Gasteiger partial charge in [-0.05, 0) is 12.1 Å². The van der Waals surface area contributed by atoms with Crippen LogP contribution < -0.4 is 0 Å². The summed E-state index contributed by atoms with van der Waals surface area (Å²) < 4.78 is 5.90. The number of imidazole rings is 1. The van der Waals surface area contributed by atoms with Crippen LogP contribution in [0.25, 0.3) is 22.4 Å². The van der Waals surface area contributed by atoms with Crippen LogP contribution in [0.4, 0.5) is 0 Å². The van der Waals surface area contributed by atoms with Crippen molar-refractivity contribution in [1.29, 1.82) is 0 Å². The Morgan fingerprint density at radius 3 is 2.67 bits per heavy atom. The average molecular weight is 277 g/mol. The Kier molecular flexibility index (Phi) is 2.15. The van der Waals surface area contributed by atoms with Crippen molar-refractivity contribution in [3.63, 3.8) is 0 Å². The molecule has 2 atom stereocenters. The van der Waals surface area contributed by atoms with Crippen molar-refractivity contribution < 1.29 is 4.74 Å². The van der Waals surface area contributed by atoms with Crippen molar-refractivity contribution >= 4 is 11.0 Å². The fraction of sp³-hybridized carbons (Fsp3) is 0.235. The molecule has 2 aliphatic rings. The standard InChI is InChI=1S/C17H15N3O/c1-2-4-15-14(3-1)18-16(19-15)12-5-7-13(8-6-12)17-11-20(17)9-10-21-17/h1-8H,9-11H2,(H,18,19). The first-order chi connectivity index (χ1) is 10.4. The van der Waals surface area contributed by atoms with E-state index in [9.17, 15) is 0 Å². The maximum absolute atomic E-state index is 5.90. The van der Waals surface area contributed by atoms with E-state index in [1.54, 1.807) is 0 Å². The minimum absolute atomic E-state index is 0.119. The van der Waals surface area contributed by atoms with Gasteiger partial charge in [-0.25, -0.2) is 4.98 Å². The van der Waals surface area contributed by atoms with Gasteiger partial charge in [0.2, 0.25) is 0 Å². The number of hydrogen-bond acceptors (Lipinski definition) is 3. The number of benzene rings is 2. The average Bonchev–Trinajstić information content (AvgIpc) is 2.91. The lowest BCUT2D eigenvalue weighted by Crippen LogP contribution is -2.11. The highest BCUT2D eigenvalue weighted by Crippen LogP contribution is 2.47. The topological polar surface area (TPSA) is 40.9 Å². The quantitative estimate of drug-likeness (QED) is 0.732. The van der Waals surface area contributed by atoms with E-state index in [1.807, 2.05) is 24.3 Å². The van der Waals surface area contributed by atoms with E-state index >= 15 is 0 Å². The Morgan fingerprint density at radius 1 is 1.10 bits per heavy atom. The number of para-hydroxylation sites is 2. The Bertz CT molecular complexity index is 790. The van der Waals surface area contributed by atoms with Gasteiger partial charge < -0.3 is 9.72 Å². The zero-order valence-electron chi connectivity index (χ0n) is 11.5. The monoisotopic (exact) mass is 277 g/mol. The molecule has 21 heavy (non-hydrogen) atoms. The molecule has 0 aliphatic carbocycles. The highest BCUT2D eigenvalue weighted by Gasteiger charge is 2.58. The Labute approximate surface area is 122 Å². The second-order valence-electron chi connectivity index (χ2n) is 5.73. The number of H-pyrrole nitrogens is 1. The molecule has 1 N–H and O–H groups in total. The fourth-order valence-corrected chi connectivity index (χ4v) is 3.28. The van der Waals surface area contributed by atoms with Crippen molar-refractivity contribution in [3.8, 4) is 11.4 Å². The van der Waals surface area contributed by atoms with Crippen LogP contribution >= 0.6 is 0 Å². The summed E-state index contributed by atoms with van der Waals surface area (Å²) in [5.41, 5.74) is 4.31. The molecule has 104 valence electrons. The van der Waals surface area contributed by atoms with Crippen LogP contribution in [-0.4, -0.2) is 34.6 Å². The van der Waals surface area contributed by atoms with Crippen LogP contribution in [0.1, 0.15) is 5.56 Å². The van der Waals surface area contributed by atoms with E-state index in [-0.39, 0.29) is 5.72 Å². The molecule has 2 unspecified atom stereocenters. The summed E-state index contributed by atoms with van der Waals surface area (Å²) >= 11 is 0. The normalized spacial score (nSPS) is 27.0. The molecule has 2 aliphatic heterocycles. The van der Waals surface area contributed by atoms with E-state index in [2.05, 4.69) is 39.1 Å². The zero-order valence-corrected chi connectivity index (χ0v) is 11.5. The predicted octanol–water partition coefficient (Wildman–Crippen LogP) is 2.73. The lowest BCUT2D eigenvalue weighted by molar-refractivity contribution is 0.0589. The molecular weight excluding hydrogens is 262 g/mol. The number of morpholine rings is 1. The number of hydrogen-bond donors (Lipinski definition) is 1. The van der Waals surface area contributed by atoms with Crippen molar-refractivity contribution in [2.45, 2.75) is 5.72 Å². The molecule has 4 nitrogen and oxygen atoms in total. The van der Waals surface area contributed by atoms with Gasteiger partial charge in [0.05, 0.1) is 17.6 Å². The Hall–Kier alpha value is -2.17. The highest BCUT2D eigenvalue weighted by molar-refractivity contribution is 5.79. The summed E-state index contributed by atoms with van der Waals surface area (Å²) in [6, 6.07) is 16.7. The molecule has 3 heterocycles. The molecule has 0 spiro atoms. The molecule has 2 saturated heterocycles. The van der Waals surface area contributed by atoms with Crippen LogP contribution in [-0.2, 0) is 10.5 Å². The van der Waals surface area contributed by atoms with Gasteiger partial charge in [-0.2, -0.15) is 0 Å². The third kappa shape index (κ3) is 1.60. The van der Waals surface area contributed by atoms with Crippen LogP contribution in [0.5, 0.6) is 0 Å². The summed E-state index contributed by atoms with van der Waals surface area (Å²) in [6.07, 6.45) is 0. The first kappa shape index (κ1) is 11.5. The molecule has 0 radical (unpaired) electrons. The first-order valence-electron chi connectivity index (χ1n) is 7.30. The molecule has 0 amide bonds. The smallest absolute Gasteiger partial charge is 0.160 e. The summed E-state index contributed by atoms with van der Waals surface area (Å²) in [7, 11) is 0. The second kappa shape index (κ2) is 3.93. The van der Waals surface area contributed by atoms with E-state index in [1.165, 1.54) is 5.56 Å². The Balaban J connectivity index is 1.52. The first-order valence-corrected chi connectivity index (χ1v) is 7.30. The van der Waals surface area contributed by atoms with Crippen LogP contribution in [0.3, 0.4) is 0 Å². The largest absolute Gasteiger partial charge is 0.353 e. The van der Waals surface area contributed by atoms with Crippen LogP contribution in [0, 0.1) is 0 Å². The maximum atomic E-state index is 5.90. The molecule has 1 aromatic heterocycles. The van der Waals surface area contributed by atoms with Gasteiger partial charge in [0.1, 0.15) is 5.82 Å². The van der Waals surface area contributed by atoms with Gasteiger partial charge in [-0.1, -0.05) is 36.4 Å². The predicted molar refractivity (Wildman–Crippen MR) is 80.7 cm³/mol. The van der Waals surface area contributed by atoms with Gasteiger partial charge in [0, 0.05) is 24.2 Å². The van der Waals surface area contributed by atoms with Crippen LogP contribution in [0.15, 0.2) is 48.5 Å². The van der Waals surface area contributed by atoms with Crippen molar-refractivity contribution in [1.82, 2.24) is 14.9 Å². The molecule has 0 saturated carbocycles. The summed E-state index contributed by atoms with van der Waals surface area (Å²) in [5, 5.41) is 0. The molecule has 5 rings (SSSR count). The third-order valence-corrected chi connectivity index (χ3v) is 4.51. The molecule has 2 fully saturated rings. The second-order valence-corrected chi connectivity index (χ2v) is 5.73. The summed E-state index contributed by atoms with van der Waals surface area (Å²) in [6.45, 7) is 2.91. The van der Waals surface area contributed by atoms with Gasteiger partial charge in [-0.15, -0.1) is 0 Å². The van der Waals surface area contributed by atoms with E-state index in [0.717, 1.165) is 42.1 Å². The van der Waals surface area contributed by atoms with Gasteiger partial charge in [0.15, 0.2) is 5.72 Å². The number of ether oxygens (including phenoxy) is 1. The van der Waals surface area contributed by atoms with E-state index < -0.39 is 0 Å². The number of fused-ring (bicyclic) bond motifs is 2.